The highest BCUT2D eigenvalue weighted by molar-refractivity contribution is 6.13. The molecule has 2 aromatic heterocycles. The lowest BCUT2D eigenvalue weighted by atomic mass is 10.1. The van der Waals surface area contributed by atoms with Gasteiger partial charge in [0.15, 0.2) is 17.7 Å². The normalized spacial score (nSPS) is 23.2. The number of quaternary nitrogens is 1. The van der Waals surface area contributed by atoms with Gasteiger partial charge >= 0.3 is 17.8 Å². The van der Waals surface area contributed by atoms with Gasteiger partial charge in [0, 0.05) is 0 Å². The summed E-state index contributed by atoms with van der Waals surface area (Å²) >= 11 is 0. The number of nitrogen functional groups attached to an aromatic ring is 1. The highest BCUT2D eigenvalue weighted by Gasteiger charge is 2.54. The van der Waals surface area contributed by atoms with Crippen LogP contribution < -0.4 is 5.73 Å². The molecule has 4 atom stereocenters. The fourth-order valence-electron chi connectivity index (χ4n) is 5.00. The Bertz CT molecular complexity index is 1610. The number of rotatable bonds is 8. The molecule has 4 heterocycles. The van der Waals surface area contributed by atoms with Crippen molar-refractivity contribution in [2.24, 2.45) is 0 Å². The molecule has 0 saturated carbocycles. The fraction of sp³-hybridized carbons (Fsp3) is 0.259. The van der Waals surface area contributed by atoms with E-state index in [1.165, 1.54) is 29.4 Å². The van der Waals surface area contributed by atoms with Crippen LogP contribution in [0, 0.1) is 0 Å². The molecular formula is C27H25N6O8+. The van der Waals surface area contributed by atoms with E-state index >= 15 is 0 Å². The number of carbonyl (C=O) groups excluding carboxylic acids is 3. The molecule has 4 aromatic rings. The number of aliphatic hydroxyl groups excluding tert-OH is 1. The lowest BCUT2D eigenvalue weighted by Crippen LogP contribution is -2.52. The van der Waals surface area contributed by atoms with Crippen molar-refractivity contribution in [1.29, 1.82) is 0 Å². The van der Waals surface area contributed by atoms with Gasteiger partial charge in [0.05, 0.1) is 23.0 Å². The van der Waals surface area contributed by atoms with Gasteiger partial charge < -0.3 is 25.1 Å². The van der Waals surface area contributed by atoms with Crippen molar-refractivity contribution in [3.05, 3.63) is 83.9 Å². The number of imide groups is 1. The summed E-state index contributed by atoms with van der Waals surface area (Å²) in [4.78, 5) is 50.6. The van der Waals surface area contributed by atoms with Crippen molar-refractivity contribution < 1.29 is 43.6 Å². The maximum atomic E-state index is 12.9. The Morgan fingerprint density at radius 3 is 2.41 bits per heavy atom. The molecule has 41 heavy (non-hydrogen) atoms. The minimum Gasteiger partial charge on any atom is -0.459 e. The molecule has 2 amide bonds. The standard InChI is InChI=1S/C27H25N6O8/c28-22-19-23(30-13-29-22)32(14-31-19)24-21(20(34)18(41-24)12-40-27(37)15-6-2-1-3-7-15)39-11-10-33(38)25(35)16-8-4-5-9-17(16)26(33)36/h1-9,13-14,18,20-21,24,34,38H,10-12H2,(H2,28,29,30)/q+1/t18-,20-,21-,24-/m1/s1. The molecule has 210 valence electrons. The molecule has 0 aliphatic carbocycles. The summed E-state index contributed by atoms with van der Waals surface area (Å²) < 4.78 is 17.4. The largest absolute Gasteiger partial charge is 0.459 e. The number of anilines is 1. The van der Waals surface area contributed by atoms with Gasteiger partial charge in [-0.25, -0.2) is 34.5 Å². The van der Waals surface area contributed by atoms with Gasteiger partial charge in [-0.05, 0) is 28.9 Å². The summed E-state index contributed by atoms with van der Waals surface area (Å²) in [6.07, 6.45) is -1.84. The SMILES string of the molecule is Nc1ncnc2c1ncn2[C@@H]1O[C@H](COC(=O)c2ccccc2)[C@@H](O)[C@H]1OCC[N+]1(O)C(=O)c2ccccc2C1=O. The molecule has 6 rings (SSSR count). The van der Waals surface area contributed by atoms with E-state index in [0.717, 1.165) is 0 Å². The number of esters is 1. The monoisotopic (exact) mass is 561 g/mol. The van der Waals surface area contributed by atoms with E-state index in [4.69, 9.17) is 19.9 Å². The molecule has 0 spiro atoms. The summed E-state index contributed by atoms with van der Waals surface area (Å²) in [7, 11) is 0. The molecule has 0 bridgehead atoms. The molecule has 1 fully saturated rings. The maximum absolute atomic E-state index is 12.9. The van der Waals surface area contributed by atoms with E-state index in [9.17, 15) is 24.7 Å². The molecular weight excluding hydrogens is 536 g/mol. The minimum absolute atomic E-state index is 0.115. The van der Waals surface area contributed by atoms with E-state index in [0.29, 0.717) is 16.7 Å². The average molecular weight is 562 g/mol. The number of nitrogens with zero attached hydrogens (tertiary/aromatic N) is 5. The van der Waals surface area contributed by atoms with Crippen molar-refractivity contribution in [1.82, 2.24) is 19.5 Å². The highest BCUT2D eigenvalue weighted by Crippen LogP contribution is 2.35. The van der Waals surface area contributed by atoms with Gasteiger partial charge in [0.1, 0.15) is 49.9 Å². The summed E-state index contributed by atoms with van der Waals surface area (Å²) in [5.74, 6) is -2.01. The zero-order chi connectivity index (χ0) is 28.7. The van der Waals surface area contributed by atoms with Crippen LogP contribution in [0.4, 0.5) is 5.82 Å². The number of aliphatic hydroxyl groups is 1. The van der Waals surface area contributed by atoms with Crippen LogP contribution in [0.3, 0.4) is 0 Å². The van der Waals surface area contributed by atoms with Crippen LogP contribution in [-0.4, -0.2) is 90.3 Å². The van der Waals surface area contributed by atoms with Gasteiger partial charge in [-0.2, -0.15) is 0 Å². The van der Waals surface area contributed by atoms with E-state index in [2.05, 4.69) is 15.0 Å². The number of hydrogen-bond donors (Lipinski definition) is 3. The zero-order valence-electron chi connectivity index (χ0n) is 21.4. The summed E-state index contributed by atoms with van der Waals surface area (Å²) in [5, 5.41) is 22.2. The van der Waals surface area contributed by atoms with Crippen molar-refractivity contribution in [2.75, 3.05) is 25.5 Å². The van der Waals surface area contributed by atoms with E-state index in [-0.39, 0.29) is 30.2 Å². The van der Waals surface area contributed by atoms with E-state index in [1.807, 2.05) is 0 Å². The third-order valence-corrected chi connectivity index (χ3v) is 7.15. The number of benzene rings is 2. The van der Waals surface area contributed by atoms with Crippen LogP contribution >= 0.6 is 0 Å². The Morgan fingerprint density at radius 2 is 1.71 bits per heavy atom. The minimum atomic E-state index is -1.50. The third-order valence-electron chi connectivity index (χ3n) is 7.15. The molecule has 2 aliphatic heterocycles. The molecule has 4 N–H and O–H groups in total. The van der Waals surface area contributed by atoms with Crippen LogP contribution in [0.5, 0.6) is 0 Å². The number of ether oxygens (including phenoxy) is 3. The van der Waals surface area contributed by atoms with Crippen molar-refractivity contribution >= 4 is 34.8 Å². The van der Waals surface area contributed by atoms with Crippen LogP contribution in [0.25, 0.3) is 11.2 Å². The fourth-order valence-corrected chi connectivity index (χ4v) is 5.00. The second kappa shape index (κ2) is 10.4. The zero-order valence-corrected chi connectivity index (χ0v) is 21.4. The first-order chi connectivity index (χ1) is 19.8. The quantitative estimate of drug-likeness (QED) is 0.120. The first-order valence-electron chi connectivity index (χ1n) is 12.7. The predicted octanol–water partition coefficient (Wildman–Crippen LogP) is 1.11. The molecule has 0 unspecified atom stereocenters. The summed E-state index contributed by atoms with van der Waals surface area (Å²) in [6, 6.07) is 14.5. The number of hydrogen-bond acceptors (Lipinski definition) is 12. The second-order valence-electron chi connectivity index (χ2n) is 9.59. The van der Waals surface area contributed by atoms with Crippen LogP contribution in [-0.2, 0) is 14.2 Å². The second-order valence-corrected chi connectivity index (χ2v) is 9.59. The number of imidazole rings is 1. The Balaban J connectivity index is 1.22. The van der Waals surface area contributed by atoms with Gasteiger partial charge in [-0.3, -0.25) is 4.57 Å². The number of fused-ring (bicyclic) bond motifs is 2. The van der Waals surface area contributed by atoms with Crippen LogP contribution in [0.2, 0.25) is 0 Å². The van der Waals surface area contributed by atoms with Crippen molar-refractivity contribution in [3.8, 4) is 0 Å². The molecule has 0 radical (unpaired) electrons. The first kappa shape index (κ1) is 26.6. The lowest BCUT2D eigenvalue weighted by Gasteiger charge is -2.24. The number of amides is 2. The molecule has 2 aliphatic rings. The Morgan fingerprint density at radius 1 is 1.02 bits per heavy atom. The number of carbonyl (C=O) groups is 3. The smallest absolute Gasteiger partial charge is 0.386 e. The predicted molar refractivity (Wildman–Crippen MR) is 138 cm³/mol. The summed E-state index contributed by atoms with van der Waals surface area (Å²) in [5.41, 5.74) is 7.08. The van der Waals surface area contributed by atoms with Crippen molar-refractivity contribution in [3.63, 3.8) is 0 Å². The molecule has 14 nitrogen and oxygen atoms in total. The Hall–Kier alpha value is -4.60. The van der Waals surface area contributed by atoms with Crippen LogP contribution in [0.15, 0.2) is 67.3 Å². The number of aromatic nitrogens is 4. The Kier molecular flexibility index (Phi) is 6.76. The van der Waals surface area contributed by atoms with Gasteiger partial charge in [0.2, 0.25) is 0 Å². The topological polar surface area (TPSA) is 189 Å². The van der Waals surface area contributed by atoms with Gasteiger partial charge in [-0.1, -0.05) is 30.3 Å². The summed E-state index contributed by atoms with van der Waals surface area (Å²) in [6.45, 7) is -1.04. The lowest BCUT2D eigenvalue weighted by molar-refractivity contribution is -0.965. The average Bonchev–Trinajstić information content (AvgIpc) is 3.61. The number of hydroxylamine groups is 3. The maximum Gasteiger partial charge on any atom is 0.386 e. The van der Waals surface area contributed by atoms with Gasteiger partial charge in [-0.15, -0.1) is 0 Å². The Labute approximate surface area is 232 Å². The van der Waals surface area contributed by atoms with Crippen LogP contribution in [0.1, 0.15) is 37.3 Å². The third kappa shape index (κ3) is 4.53. The van der Waals surface area contributed by atoms with Crippen molar-refractivity contribution in [2.45, 2.75) is 24.5 Å². The molecule has 1 saturated heterocycles. The van der Waals surface area contributed by atoms with Gasteiger partial charge in [0.25, 0.3) is 0 Å². The highest BCUT2D eigenvalue weighted by atomic mass is 16.6. The number of nitrogens with two attached hydrogens (primary N) is 1. The van der Waals surface area contributed by atoms with E-state index < -0.39 is 53.5 Å². The first-order valence-corrected chi connectivity index (χ1v) is 12.7. The molecule has 2 aromatic carbocycles. The molecule has 14 heteroatoms. The van der Waals surface area contributed by atoms with E-state index in [1.54, 1.807) is 42.5 Å².